The molecule has 0 aromatic carbocycles. The van der Waals surface area contributed by atoms with Crippen LogP contribution in [-0.4, -0.2) is 29.2 Å². The van der Waals surface area contributed by atoms with Crippen molar-refractivity contribution >= 4 is 11.6 Å². The fourth-order valence-electron chi connectivity index (χ4n) is 0.940. The minimum Gasteiger partial charge on any atom is -0.382 e. The van der Waals surface area contributed by atoms with E-state index < -0.39 is 0 Å². The Kier molecular flexibility index (Phi) is 4.12. The molecule has 0 aliphatic rings. The van der Waals surface area contributed by atoms with Crippen molar-refractivity contribution < 1.29 is 4.74 Å². The Hall–Kier alpha value is -1.36. The molecule has 0 aliphatic heterocycles. The molecule has 0 fully saturated rings. The standard InChI is InChI=1S/C9H16N4O/c1-7(2)14-4-3-12-9-6-11-5-8(10)13-9/h5-7H,3-4H2,1-2H3,(H3,10,12,13). The van der Waals surface area contributed by atoms with Gasteiger partial charge in [0.15, 0.2) is 0 Å². The molecule has 0 spiro atoms. The first-order valence-corrected chi connectivity index (χ1v) is 4.61. The molecule has 0 atom stereocenters. The number of rotatable bonds is 5. The van der Waals surface area contributed by atoms with Crippen molar-refractivity contribution in [2.75, 3.05) is 24.2 Å². The summed E-state index contributed by atoms with van der Waals surface area (Å²) in [6, 6.07) is 0. The van der Waals surface area contributed by atoms with E-state index in [1.54, 1.807) is 6.20 Å². The SMILES string of the molecule is CC(C)OCCNc1cncc(N)n1. The molecule has 1 rings (SSSR count). The maximum atomic E-state index is 5.47. The normalized spacial score (nSPS) is 10.5. The summed E-state index contributed by atoms with van der Waals surface area (Å²) in [5, 5.41) is 3.06. The van der Waals surface area contributed by atoms with Gasteiger partial charge in [0, 0.05) is 6.54 Å². The van der Waals surface area contributed by atoms with E-state index in [1.165, 1.54) is 6.20 Å². The van der Waals surface area contributed by atoms with Crippen LogP contribution in [0.15, 0.2) is 12.4 Å². The molecule has 1 aromatic heterocycles. The third-order valence-electron chi connectivity index (χ3n) is 1.51. The molecule has 0 bridgehead atoms. The Morgan fingerprint density at radius 1 is 1.50 bits per heavy atom. The topological polar surface area (TPSA) is 73.1 Å². The molecule has 1 aromatic rings. The van der Waals surface area contributed by atoms with Gasteiger partial charge in [0.2, 0.25) is 0 Å². The Morgan fingerprint density at radius 2 is 2.29 bits per heavy atom. The van der Waals surface area contributed by atoms with Gasteiger partial charge in [-0.15, -0.1) is 0 Å². The number of hydrogen-bond acceptors (Lipinski definition) is 5. The van der Waals surface area contributed by atoms with Gasteiger partial charge in [0.05, 0.1) is 25.1 Å². The van der Waals surface area contributed by atoms with E-state index in [1.807, 2.05) is 13.8 Å². The minimum atomic E-state index is 0.253. The summed E-state index contributed by atoms with van der Waals surface area (Å²) < 4.78 is 5.35. The van der Waals surface area contributed by atoms with Crippen LogP contribution >= 0.6 is 0 Å². The second-order valence-electron chi connectivity index (χ2n) is 3.18. The fourth-order valence-corrected chi connectivity index (χ4v) is 0.940. The molecule has 0 radical (unpaired) electrons. The number of nitrogens with zero attached hydrogens (tertiary/aromatic N) is 2. The number of aromatic nitrogens is 2. The van der Waals surface area contributed by atoms with Crippen molar-refractivity contribution in [3.63, 3.8) is 0 Å². The van der Waals surface area contributed by atoms with Crippen LogP contribution in [0.3, 0.4) is 0 Å². The Balaban J connectivity index is 2.25. The van der Waals surface area contributed by atoms with Crippen LogP contribution in [-0.2, 0) is 4.74 Å². The quantitative estimate of drug-likeness (QED) is 0.684. The summed E-state index contributed by atoms with van der Waals surface area (Å²) >= 11 is 0. The van der Waals surface area contributed by atoms with E-state index in [4.69, 9.17) is 10.5 Å². The number of nitrogens with two attached hydrogens (primary N) is 1. The molecule has 5 heteroatoms. The molecule has 5 nitrogen and oxygen atoms in total. The molecule has 14 heavy (non-hydrogen) atoms. The summed E-state index contributed by atoms with van der Waals surface area (Å²) in [5.41, 5.74) is 5.47. The number of hydrogen-bond donors (Lipinski definition) is 2. The monoisotopic (exact) mass is 196 g/mol. The maximum absolute atomic E-state index is 5.47. The third kappa shape index (κ3) is 4.04. The van der Waals surface area contributed by atoms with E-state index in [9.17, 15) is 0 Å². The van der Waals surface area contributed by atoms with Gasteiger partial charge in [0.1, 0.15) is 11.6 Å². The zero-order valence-corrected chi connectivity index (χ0v) is 8.53. The highest BCUT2D eigenvalue weighted by Crippen LogP contribution is 2.01. The van der Waals surface area contributed by atoms with E-state index in [0.717, 1.165) is 0 Å². The highest BCUT2D eigenvalue weighted by Gasteiger charge is 1.95. The van der Waals surface area contributed by atoms with Gasteiger partial charge in [-0.05, 0) is 13.8 Å². The fraction of sp³-hybridized carbons (Fsp3) is 0.556. The molecule has 0 unspecified atom stereocenters. The van der Waals surface area contributed by atoms with E-state index in [-0.39, 0.29) is 6.10 Å². The predicted molar refractivity (Wildman–Crippen MR) is 56.0 cm³/mol. The van der Waals surface area contributed by atoms with Crippen molar-refractivity contribution in [3.05, 3.63) is 12.4 Å². The third-order valence-corrected chi connectivity index (χ3v) is 1.51. The second kappa shape index (κ2) is 5.39. The Morgan fingerprint density at radius 3 is 2.93 bits per heavy atom. The lowest BCUT2D eigenvalue weighted by atomic mass is 10.5. The van der Waals surface area contributed by atoms with E-state index in [0.29, 0.717) is 24.8 Å². The van der Waals surface area contributed by atoms with Gasteiger partial charge < -0.3 is 15.8 Å². The van der Waals surface area contributed by atoms with Gasteiger partial charge in [-0.2, -0.15) is 0 Å². The van der Waals surface area contributed by atoms with Gasteiger partial charge in [-0.25, -0.2) is 4.98 Å². The lowest BCUT2D eigenvalue weighted by molar-refractivity contribution is 0.0870. The van der Waals surface area contributed by atoms with Gasteiger partial charge >= 0.3 is 0 Å². The molecular formula is C9H16N4O. The Labute approximate surface area is 83.7 Å². The lowest BCUT2D eigenvalue weighted by Crippen LogP contribution is -2.14. The van der Waals surface area contributed by atoms with Crippen molar-refractivity contribution in [3.8, 4) is 0 Å². The summed E-state index contributed by atoms with van der Waals surface area (Å²) in [6.07, 6.45) is 3.39. The van der Waals surface area contributed by atoms with Crippen LogP contribution in [0.4, 0.5) is 11.6 Å². The predicted octanol–water partition coefficient (Wildman–Crippen LogP) is 0.896. The number of nitrogen functional groups attached to an aromatic ring is 1. The number of anilines is 2. The second-order valence-corrected chi connectivity index (χ2v) is 3.18. The minimum absolute atomic E-state index is 0.253. The first kappa shape index (κ1) is 10.7. The molecular weight excluding hydrogens is 180 g/mol. The smallest absolute Gasteiger partial charge is 0.147 e. The molecule has 0 saturated heterocycles. The zero-order valence-electron chi connectivity index (χ0n) is 8.53. The number of nitrogens with one attached hydrogen (secondary N) is 1. The zero-order chi connectivity index (χ0) is 10.4. The number of ether oxygens (including phenoxy) is 1. The average Bonchev–Trinajstić information content (AvgIpc) is 2.12. The largest absolute Gasteiger partial charge is 0.382 e. The first-order chi connectivity index (χ1) is 6.68. The lowest BCUT2D eigenvalue weighted by Gasteiger charge is -2.08. The van der Waals surface area contributed by atoms with E-state index >= 15 is 0 Å². The molecule has 0 saturated carbocycles. The van der Waals surface area contributed by atoms with Crippen molar-refractivity contribution in [2.45, 2.75) is 20.0 Å². The van der Waals surface area contributed by atoms with Gasteiger partial charge in [-0.1, -0.05) is 0 Å². The average molecular weight is 196 g/mol. The molecule has 3 N–H and O–H groups in total. The first-order valence-electron chi connectivity index (χ1n) is 4.61. The highest BCUT2D eigenvalue weighted by molar-refractivity contribution is 5.38. The highest BCUT2D eigenvalue weighted by atomic mass is 16.5. The van der Waals surface area contributed by atoms with Crippen LogP contribution in [0.1, 0.15) is 13.8 Å². The van der Waals surface area contributed by atoms with E-state index in [2.05, 4.69) is 15.3 Å². The summed E-state index contributed by atoms with van der Waals surface area (Å²) in [6.45, 7) is 5.35. The summed E-state index contributed by atoms with van der Waals surface area (Å²) in [7, 11) is 0. The van der Waals surface area contributed by atoms with Crippen LogP contribution < -0.4 is 11.1 Å². The van der Waals surface area contributed by atoms with Crippen LogP contribution in [0.5, 0.6) is 0 Å². The van der Waals surface area contributed by atoms with Gasteiger partial charge in [-0.3, -0.25) is 4.98 Å². The van der Waals surface area contributed by atoms with Gasteiger partial charge in [0.25, 0.3) is 0 Å². The van der Waals surface area contributed by atoms with Crippen molar-refractivity contribution in [1.29, 1.82) is 0 Å². The molecule has 0 amide bonds. The van der Waals surface area contributed by atoms with Crippen molar-refractivity contribution in [2.24, 2.45) is 0 Å². The molecule has 78 valence electrons. The maximum Gasteiger partial charge on any atom is 0.147 e. The van der Waals surface area contributed by atoms with Crippen molar-refractivity contribution in [1.82, 2.24) is 9.97 Å². The molecule has 1 heterocycles. The van der Waals surface area contributed by atoms with Crippen LogP contribution in [0.2, 0.25) is 0 Å². The summed E-state index contributed by atoms with van der Waals surface area (Å²) in [5.74, 6) is 1.09. The van der Waals surface area contributed by atoms with Crippen LogP contribution in [0.25, 0.3) is 0 Å². The van der Waals surface area contributed by atoms with Crippen LogP contribution in [0, 0.1) is 0 Å². The molecule has 0 aliphatic carbocycles. The summed E-state index contributed by atoms with van der Waals surface area (Å²) in [4.78, 5) is 7.95. The Bertz CT molecular complexity index is 277.